The normalized spacial score (nSPS) is 15.1. The smallest absolute Gasteiger partial charge is 0.273 e. The lowest BCUT2D eigenvalue weighted by Crippen LogP contribution is -2.34. The Morgan fingerprint density at radius 2 is 1.97 bits per heavy atom. The zero-order chi connectivity index (χ0) is 21.4. The van der Waals surface area contributed by atoms with Gasteiger partial charge in [-0.2, -0.15) is 5.26 Å². The number of benzene rings is 1. The van der Waals surface area contributed by atoms with E-state index >= 15 is 0 Å². The van der Waals surface area contributed by atoms with Gasteiger partial charge in [0.05, 0.1) is 10.2 Å². The van der Waals surface area contributed by atoms with E-state index in [9.17, 15) is 14.9 Å². The fourth-order valence-electron chi connectivity index (χ4n) is 3.17. The highest BCUT2D eigenvalue weighted by atomic mass is 32.1. The molecule has 5 nitrogen and oxygen atoms in total. The maximum Gasteiger partial charge on any atom is 0.273 e. The minimum Gasteiger partial charge on any atom is -0.349 e. The first-order valence-corrected chi connectivity index (χ1v) is 11.3. The van der Waals surface area contributed by atoms with Gasteiger partial charge < -0.3 is 5.32 Å². The van der Waals surface area contributed by atoms with Gasteiger partial charge in [-0.25, -0.2) is 0 Å². The molecule has 1 aliphatic rings. The largest absolute Gasteiger partial charge is 0.349 e. The van der Waals surface area contributed by atoms with Crippen LogP contribution in [0.1, 0.15) is 33.7 Å². The van der Waals surface area contributed by atoms with E-state index in [0.29, 0.717) is 14.9 Å². The number of nitrogens with zero attached hydrogens (tertiary/aromatic N) is 2. The first-order chi connectivity index (χ1) is 14.4. The van der Waals surface area contributed by atoms with E-state index in [-0.39, 0.29) is 17.2 Å². The summed E-state index contributed by atoms with van der Waals surface area (Å²) in [5.74, 6) is -0.418. The number of thiazole rings is 1. The molecule has 0 saturated heterocycles. The van der Waals surface area contributed by atoms with Gasteiger partial charge in [0.1, 0.15) is 10.7 Å². The van der Waals surface area contributed by atoms with E-state index in [1.807, 2.05) is 63.2 Å². The molecule has 152 valence electrons. The first kappa shape index (κ1) is 20.3. The highest BCUT2D eigenvalue weighted by molar-refractivity contribution is 7.13. The Hall–Kier alpha value is -2.95. The first-order valence-electron chi connectivity index (χ1n) is 9.70. The average Bonchev–Trinajstić information content (AvgIpc) is 3.34. The van der Waals surface area contributed by atoms with Gasteiger partial charge in [0.15, 0.2) is 5.57 Å². The van der Waals surface area contributed by atoms with E-state index in [2.05, 4.69) is 5.32 Å². The second-order valence-corrected chi connectivity index (χ2v) is 9.88. The van der Waals surface area contributed by atoms with Crippen molar-refractivity contribution >= 4 is 40.2 Å². The van der Waals surface area contributed by atoms with Crippen LogP contribution in [-0.2, 0) is 4.79 Å². The predicted molar refractivity (Wildman–Crippen MR) is 121 cm³/mol. The van der Waals surface area contributed by atoms with Crippen LogP contribution in [0.2, 0.25) is 0 Å². The van der Waals surface area contributed by atoms with Crippen molar-refractivity contribution in [3.8, 4) is 11.8 Å². The number of thiophene rings is 1. The van der Waals surface area contributed by atoms with E-state index < -0.39 is 5.91 Å². The SMILES string of the molecule is Cc1ccc(C)c(-n2c(=O)/c(=C\c3ccc(C)s3)s/c2=C(/C#N)C(=O)NC2CC2)c1. The number of nitriles is 1. The number of amides is 1. The van der Waals surface area contributed by atoms with E-state index in [1.54, 1.807) is 11.3 Å². The fourth-order valence-corrected chi connectivity index (χ4v) is 5.15. The van der Waals surface area contributed by atoms with Crippen LogP contribution < -0.4 is 20.1 Å². The molecule has 3 aromatic rings. The number of aryl methyl sites for hydroxylation is 3. The predicted octanol–water partition coefficient (Wildman–Crippen LogP) is 2.67. The van der Waals surface area contributed by atoms with E-state index in [4.69, 9.17) is 0 Å². The standard InChI is InChI=1S/C23H21N3O2S2/c1-13-4-5-14(2)19(10-13)26-22(28)20(11-17-9-6-15(3)29-17)30-23(26)18(12-24)21(27)25-16-7-8-16/h4-6,9-11,16H,7-8H2,1-3H3,(H,25,27)/b20-11+,23-18-. The number of carbonyl (C=O) groups excluding carboxylic acids is 1. The summed E-state index contributed by atoms with van der Waals surface area (Å²) < 4.78 is 2.39. The lowest BCUT2D eigenvalue weighted by atomic mass is 10.1. The summed E-state index contributed by atoms with van der Waals surface area (Å²) in [6.07, 6.45) is 3.69. The molecule has 0 aliphatic heterocycles. The van der Waals surface area contributed by atoms with Gasteiger partial charge in [0, 0.05) is 15.8 Å². The van der Waals surface area contributed by atoms with Crippen molar-refractivity contribution in [1.82, 2.24) is 9.88 Å². The van der Waals surface area contributed by atoms with Crippen LogP contribution in [0, 0.1) is 32.1 Å². The quantitative estimate of drug-likeness (QED) is 0.685. The molecule has 1 aliphatic carbocycles. The summed E-state index contributed by atoms with van der Waals surface area (Å²) in [7, 11) is 0. The maximum absolute atomic E-state index is 13.4. The van der Waals surface area contributed by atoms with Crippen molar-refractivity contribution in [2.24, 2.45) is 0 Å². The van der Waals surface area contributed by atoms with Crippen molar-refractivity contribution in [3.05, 3.63) is 70.8 Å². The second-order valence-electron chi connectivity index (χ2n) is 7.53. The third-order valence-corrected chi connectivity index (χ3v) is 6.97. The molecule has 1 fully saturated rings. The second kappa shape index (κ2) is 8.05. The van der Waals surface area contributed by atoms with Crippen LogP contribution >= 0.6 is 22.7 Å². The Morgan fingerprint density at radius 1 is 1.20 bits per heavy atom. The number of hydrogen-bond donors (Lipinski definition) is 1. The molecule has 2 heterocycles. The van der Waals surface area contributed by atoms with E-state index in [1.165, 1.54) is 15.9 Å². The number of hydrogen-bond acceptors (Lipinski definition) is 5. The zero-order valence-electron chi connectivity index (χ0n) is 17.0. The summed E-state index contributed by atoms with van der Waals surface area (Å²) in [6.45, 7) is 5.89. The summed E-state index contributed by atoms with van der Waals surface area (Å²) >= 11 is 2.79. The lowest BCUT2D eigenvalue weighted by molar-refractivity contribution is -0.115. The monoisotopic (exact) mass is 435 g/mol. The van der Waals surface area contributed by atoms with Crippen LogP contribution in [0.5, 0.6) is 0 Å². The molecule has 0 spiro atoms. The van der Waals surface area contributed by atoms with Gasteiger partial charge in [-0.3, -0.25) is 14.2 Å². The number of aromatic nitrogens is 1. The molecule has 0 unspecified atom stereocenters. The fraction of sp³-hybridized carbons (Fsp3) is 0.261. The van der Waals surface area contributed by atoms with E-state index in [0.717, 1.165) is 33.7 Å². The Balaban J connectivity index is 2.04. The molecule has 1 N–H and O–H groups in total. The van der Waals surface area contributed by atoms with Crippen molar-refractivity contribution in [3.63, 3.8) is 0 Å². The summed E-state index contributed by atoms with van der Waals surface area (Å²) in [4.78, 5) is 28.3. The van der Waals surface area contributed by atoms with Crippen LogP contribution in [-0.4, -0.2) is 16.5 Å². The lowest BCUT2D eigenvalue weighted by Gasteiger charge is -2.09. The van der Waals surface area contributed by atoms with Crippen LogP contribution in [0.4, 0.5) is 0 Å². The van der Waals surface area contributed by atoms with Gasteiger partial charge in [0.25, 0.3) is 11.5 Å². The highest BCUT2D eigenvalue weighted by Gasteiger charge is 2.26. The highest BCUT2D eigenvalue weighted by Crippen LogP contribution is 2.19. The Kier molecular flexibility index (Phi) is 5.46. The average molecular weight is 436 g/mol. The Morgan fingerprint density at radius 3 is 2.60 bits per heavy atom. The summed E-state index contributed by atoms with van der Waals surface area (Å²) in [5.41, 5.74) is 2.36. The van der Waals surface area contributed by atoms with Crippen LogP contribution in [0.15, 0.2) is 35.1 Å². The molecule has 0 bridgehead atoms. The van der Waals surface area contributed by atoms with Gasteiger partial charge in [-0.05, 0) is 69.0 Å². The summed E-state index contributed by atoms with van der Waals surface area (Å²) in [5, 5.41) is 12.7. The topological polar surface area (TPSA) is 74.9 Å². The third-order valence-electron chi connectivity index (χ3n) is 4.93. The van der Waals surface area contributed by atoms with Gasteiger partial charge in [0.2, 0.25) is 0 Å². The molecule has 4 rings (SSSR count). The van der Waals surface area contributed by atoms with Gasteiger partial charge in [-0.1, -0.05) is 12.1 Å². The van der Waals surface area contributed by atoms with Crippen molar-refractivity contribution < 1.29 is 4.79 Å². The van der Waals surface area contributed by atoms with Crippen LogP contribution in [0.25, 0.3) is 17.3 Å². The Bertz CT molecular complexity index is 1360. The molecule has 1 aromatic carbocycles. The molecule has 0 radical (unpaired) electrons. The number of carbonyl (C=O) groups is 1. The minimum absolute atomic E-state index is 0.0214. The minimum atomic E-state index is -0.418. The van der Waals surface area contributed by atoms with Crippen molar-refractivity contribution in [2.75, 3.05) is 0 Å². The molecule has 1 saturated carbocycles. The number of nitrogens with one attached hydrogen (secondary N) is 1. The molecular formula is C23H21N3O2S2. The van der Waals surface area contributed by atoms with Gasteiger partial charge >= 0.3 is 0 Å². The van der Waals surface area contributed by atoms with Crippen molar-refractivity contribution in [2.45, 2.75) is 39.7 Å². The molecule has 30 heavy (non-hydrogen) atoms. The molecular weight excluding hydrogens is 414 g/mol. The molecule has 2 aromatic heterocycles. The maximum atomic E-state index is 13.4. The van der Waals surface area contributed by atoms with Gasteiger partial charge in [-0.15, -0.1) is 22.7 Å². The molecule has 1 amide bonds. The van der Waals surface area contributed by atoms with Crippen molar-refractivity contribution in [1.29, 1.82) is 5.26 Å². The third kappa shape index (κ3) is 4.02. The molecule has 0 atom stereocenters. The zero-order valence-corrected chi connectivity index (χ0v) is 18.6. The Labute approximate surface area is 182 Å². The van der Waals surface area contributed by atoms with Crippen LogP contribution in [0.3, 0.4) is 0 Å². The summed E-state index contributed by atoms with van der Waals surface area (Å²) in [6, 6.07) is 12.0. The molecule has 7 heteroatoms. The number of rotatable bonds is 4.